The molecule has 2 nitrogen and oxygen atoms in total. The Labute approximate surface area is 103 Å². The Morgan fingerprint density at radius 1 is 1.41 bits per heavy atom. The highest BCUT2D eigenvalue weighted by Gasteiger charge is 2.24. The van der Waals surface area contributed by atoms with Crippen LogP contribution in [0.2, 0.25) is 0 Å². The lowest BCUT2D eigenvalue weighted by Crippen LogP contribution is -2.46. The van der Waals surface area contributed by atoms with Gasteiger partial charge in [0.2, 0.25) is 0 Å². The lowest BCUT2D eigenvalue weighted by molar-refractivity contribution is 0.156. The Hall–Kier alpha value is -0.930. The van der Waals surface area contributed by atoms with Gasteiger partial charge in [0.15, 0.2) is 0 Å². The molecular weight excluding hydrogens is 215 g/mol. The molecule has 0 spiro atoms. The van der Waals surface area contributed by atoms with Gasteiger partial charge < -0.3 is 5.32 Å². The molecule has 1 atom stereocenters. The third kappa shape index (κ3) is 3.05. The summed E-state index contributed by atoms with van der Waals surface area (Å²) in [4.78, 5) is 2.40. The van der Waals surface area contributed by atoms with E-state index < -0.39 is 0 Å². The van der Waals surface area contributed by atoms with Crippen LogP contribution in [0, 0.1) is 5.82 Å². The van der Waals surface area contributed by atoms with Crippen LogP contribution in [0.5, 0.6) is 0 Å². The van der Waals surface area contributed by atoms with E-state index in [1.807, 2.05) is 12.1 Å². The Balaban J connectivity index is 2.13. The zero-order chi connectivity index (χ0) is 12.1. The van der Waals surface area contributed by atoms with E-state index in [-0.39, 0.29) is 11.9 Å². The number of nitrogens with one attached hydrogen (secondary N) is 1. The number of benzene rings is 1. The predicted octanol–water partition coefficient (Wildman–Crippen LogP) is 2.57. The normalized spacial score (nSPS) is 21.6. The first-order valence-electron chi connectivity index (χ1n) is 6.52. The van der Waals surface area contributed by atoms with Crippen molar-refractivity contribution in [3.63, 3.8) is 0 Å². The second-order valence-electron chi connectivity index (χ2n) is 4.63. The summed E-state index contributed by atoms with van der Waals surface area (Å²) in [6.45, 7) is 6.13. The summed E-state index contributed by atoms with van der Waals surface area (Å²) < 4.78 is 13.8. The lowest BCUT2D eigenvalue weighted by Gasteiger charge is -2.36. The van der Waals surface area contributed by atoms with Crippen LogP contribution in [0.1, 0.15) is 31.4 Å². The number of rotatable bonds is 4. The summed E-state index contributed by atoms with van der Waals surface area (Å²) in [5, 5.41) is 3.36. The zero-order valence-corrected chi connectivity index (χ0v) is 10.5. The largest absolute Gasteiger partial charge is 0.314 e. The summed E-state index contributed by atoms with van der Waals surface area (Å²) >= 11 is 0. The van der Waals surface area contributed by atoms with E-state index in [4.69, 9.17) is 0 Å². The third-order valence-corrected chi connectivity index (χ3v) is 3.42. The molecule has 1 aliphatic rings. The molecule has 1 aliphatic heterocycles. The number of halogens is 1. The van der Waals surface area contributed by atoms with Crippen molar-refractivity contribution < 1.29 is 4.39 Å². The van der Waals surface area contributed by atoms with Gasteiger partial charge in [-0.25, -0.2) is 4.39 Å². The molecule has 0 amide bonds. The molecular formula is C14H21FN2. The topological polar surface area (TPSA) is 15.3 Å². The van der Waals surface area contributed by atoms with E-state index in [1.165, 1.54) is 12.8 Å². The molecule has 1 N–H and O–H groups in total. The molecule has 1 fully saturated rings. The minimum absolute atomic E-state index is 0.0808. The lowest BCUT2D eigenvalue weighted by atomic mass is 10.0. The number of hydrogen-bond donors (Lipinski definition) is 1. The van der Waals surface area contributed by atoms with Crippen LogP contribution in [0.3, 0.4) is 0 Å². The first-order chi connectivity index (χ1) is 8.33. The van der Waals surface area contributed by atoms with Gasteiger partial charge >= 0.3 is 0 Å². The summed E-state index contributed by atoms with van der Waals surface area (Å²) in [6.07, 6.45) is 2.37. The van der Waals surface area contributed by atoms with E-state index in [1.54, 1.807) is 12.1 Å². The van der Waals surface area contributed by atoms with Crippen LogP contribution in [-0.2, 0) is 0 Å². The van der Waals surface area contributed by atoms with Crippen LogP contribution in [0.25, 0.3) is 0 Å². The Kier molecular flexibility index (Phi) is 4.51. The fraction of sp³-hybridized carbons (Fsp3) is 0.571. The fourth-order valence-electron chi connectivity index (χ4n) is 2.43. The molecule has 17 heavy (non-hydrogen) atoms. The maximum absolute atomic E-state index is 13.8. The van der Waals surface area contributed by atoms with Gasteiger partial charge in [0.25, 0.3) is 0 Å². The minimum atomic E-state index is -0.0808. The van der Waals surface area contributed by atoms with Gasteiger partial charge in [-0.2, -0.15) is 0 Å². The van der Waals surface area contributed by atoms with Crippen LogP contribution >= 0.6 is 0 Å². The molecule has 0 aromatic heterocycles. The van der Waals surface area contributed by atoms with Gasteiger partial charge in [-0.3, -0.25) is 4.90 Å². The van der Waals surface area contributed by atoms with Crippen molar-refractivity contribution in [2.75, 3.05) is 26.2 Å². The van der Waals surface area contributed by atoms with E-state index in [0.29, 0.717) is 0 Å². The van der Waals surface area contributed by atoms with Crippen molar-refractivity contribution in [3.8, 4) is 0 Å². The molecule has 94 valence electrons. The second kappa shape index (κ2) is 6.12. The van der Waals surface area contributed by atoms with Crippen molar-refractivity contribution in [1.29, 1.82) is 0 Å². The third-order valence-electron chi connectivity index (χ3n) is 3.42. The van der Waals surface area contributed by atoms with Gasteiger partial charge in [-0.15, -0.1) is 0 Å². The highest BCUT2D eigenvalue weighted by Crippen LogP contribution is 2.24. The molecule has 3 heteroatoms. The standard InChI is InChI=1S/C14H21FN2/c1-2-3-9-17-10-8-16-11-14(17)12-6-4-5-7-13(12)15/h4-7,14,16H,2-3,8-11H2,1H3. The van der Waals surface area contributed by atoms with Crippen molar-refractivity contribution >= 4 is 0 Å². The maximum atomic E-state index is 13.8. The number of hydrogen-bond acceptors (Lipinski definition) is 2. The summed E-state index contributed by atoms with van der Waals surface area (Å²) in [5.74, 6) is -0.0808. The molecule has 1 heterocycles. The first-order valence-corrected chi connectivity index (χ1v) is 6.52. The number of nitrogens with zero attached hydrogens (tertiary/aromatic N) is 1. The molecule has 1 unspecified atom stereocenters. The molecule has 0 radical (unpaired) electrons. The van der Waals surface area contributed by atoms with E-state index in [0.717, 1.165) is 31.7 Å². The predicted molar refractivity (Wildman–Crippen MR) is 68.5 cm³/mol. The minimum Gasteiger partial charge on any atom is -0.314 e. The zero-order valence-electron chi connectivity index (χ0n) is 10.5. The molecule has 0 bridgehead atoms. The molecule has 0 saturated carbocycles. The van der Waals surface area contributed by atoms with Gasteiger partial charge in [0.05, 0.1) is 6.04 Å². The molecule has 0 aliphatic carbocycles. The van der Waals surface area contributed by atoms with Crippen molar-refractivity contribution in [2.24, 2.45) is 0 Å². The summed E-state index contributed by atoms with van der Waals surface area (Å²) in [5.41, 5.74) is 0.829. The van der Waals surface area contributed by atoms with E-state index in [9.17, 15) is 4.39 Å². The summed E-state index contributed by atoms with van der Waals surface area (Å²) in [6, 6.07) is 7.33. The van der Waals surface area contributed by atoms with Crippen molar-refractivity contribution in [2.45, 2.75) is 25.8 Å². The molecule has 1 saturated heterocycles. The summed E-state index contributed by atoms with van der Waals surface area (Å²) in [7, 11) is 0. The average Bonchev–Trinajstić information content (AvgIpc) is 2.37. The average molecular weight is 236 g/mol. The van der Waals surface area contributed by atoms with Gasteiger partial charge in [-0.05, 0) is 19.0 Å². The van der Waals surface area contributed by atoms with Crippen LogP contribution in [-0.4, -0.2) is 31.1 Å². The second-order valence-corrected chi connectivity index (χ2v) is 4.63. The highest BCUT2D eigenvalue weighted by atomic mass is 19.1. The van der Waals surface area contributed by atoms with Crippen LogP contribution in [0.4, 0.5) is 4.39 Å². The fourth-order valence-corrected chi connectivity index (χ4v) is 2.43. The Morgan fingerprint density at radius 2 is 2.24 bits per heavy atom. The SMILES string of the molecule is CCCCN1CCNCC1c1ccccc1F. The van der Waals surface area contributed by atoms with Crippen LogP contribution < -0.4 is 5.32 Å². The Morgan fingerprint density at radius 3 is 3.00 bits per heavy atom. The molecule has 1 aromatic carbocycles. The van der Waals surface area contributed by atoms with Gasteiger partial charge in [0.1, 0.15) is 5.82 Å². The molecule has 1 aromatic rings. The first kappa shape index (κ1) is 12.5. The van der Waals surface area contributed by atoms with Crippen molar-refractivity contribution in [1.82, 2.24) is 10.2 Å². The molecule has 2 rings (SSSR count). The Bertz CT molecular complexity index is 354. The van der Waals surface area contributed by atoms with Gasteiger partial charge in [-0.1, -0.05) is 31.5 Å². The smallest absolute Gasteiger partial charge is 0.128 e. The van der Waals surface area contributed by atoms with Crippen molar-refractivity contribution in [3.05, 3.63) is 35.6 Å². The highest BCUT2D eigenvalue weighted by molar-refractivity contribution is 5.22. The van der Waals surface area contributed by atoms with Crippen LogP contribution in [0.15, 0.2) is 24.3 Å². The van der Waals surface area contributed by atoms with Gasteiger partial charge in [0, 0.05) is 25.2 Å². The maximum Gasteiger partial charge on any atom is 0.128 e. The van der Waals surface area contributed by atoms with E-state index >= 15 is 0 Å². The number of unbranched alkanes of at least 4 members (excludes halogenated alkanes) is 1. The number of piperazine rings is 1. The quantitative estimate of drug-likeness (QED) is 0.864. The van der Waals surface area contributed by atoms with E-state index in [2.05, 4.69) is 17.1 Å². The monoisotopic (exact) mass is 236 g/mol.